The molecule has 0 atom stereocenters. The number of halogens is 2. The molecule has 1 heterocycles. The Morgan fingerprint density at radius 3 is 2.56 bits per heavy atom. The van der Waals surface area contributed by atoms with Crippen LogP contribution in [0.25, 0.3) is 0 Å². The number of carbonyl (C=O) groups is 1. The molecule has 1 aliphatic heterocycles. The van der Waals surface area contributed by atoms with Crippen LogP contribution >= 0.6 is 11.6 Å². The number of anilines is 2. The van der Waals surface area contributed by atoms with Crippen LogP contribution in [0, 0.1) is 15.9 Å². The number of carbonyl (C=O) groups excluding carboxylic acids is 1. The van der Waals surface area contributed by atoms with Crippen LogP contribution in [0.1, 0.15) is 0 Å². The Hall–Kier alpha value is -2.71. The number of hydrogen-bond donors (Lipinski definition) is 1. The lowest BCUT2D eigenvalue weighted by atomic mass is 10.2. The molecule has 7 nitrogen and oxygen atoms in total. The minimum Gasteiger partial charge on any atom is -0.363 e. The number of nitro groups is 1. The maximum Gasteiger partial charge on any atom is 0.292 e. The summed E-state index contributed by atoms with van der Waals surface area (Å²) in [5, 5.41) is 13.8. The Balaban J connectivity index is 1.54. The molecular formula is C18H18ClFN4O3. The van der Waals surface area contributed by atoms with E-state index in [9.17, 15) is 19.3 Å². The molecule has 1 saturated heterocycles. The first-order valence-electron chi connectivity index (χ1n) is 8.39. The Morgan fingerprint density at radius 1 is 1.19 bits per heavy atom. The highest BCUT2D eigenvalue weighted by Gasteiger charge is 2.24. The number of rotatable bonds is 5. The molecule has 1 N–H and O–H groups in total. The third-order valence-corrected chi connectivity index (χ3v) is 4.65. The first-order valence-corrected chi connectivity index (χ1v) is 8.77. The normalized spacial score (nSPS) is 14.8. The average molecular weight is 393 g/mol. The summed E-state index contributed by atoms with van der Waals surface area (Å²) in [4.78, 5) is 26.9. The predicted octanol–water partition coefficient (Wildman–Crippen LogP) is 3.15. The van der Waals surface area contributed by atoms with Crippen molar-refractivity contribution in [3.63, 3.8) is 0 Å². The summed E-state index contributed by atoms with van der Waals surface area (Å²) < 4.78 is 13.2. The van der Waals surface area contributed by atoms with Gasteiger partial charge >= 0.3 is 0 Å². The van der Waals surface area contributed by atoms with Gasteiger partial charge in [0.1, 0.15) is 11.5 Å². The van der Waals surface area contributed by atoms with Crippen molar-refractivity contribution in [1.29, 1.82) is 0 Å². The van der Waals surface area contributed by atoms with Crippen molar-refractivity contribution in [1.82, 2.24) is 4.90 Å². The summed E-state index contributed by atoms with van der Waals surface area (Å²) >= 11 is 5.71. The van der Waals surface area contributed by atoms with Crippen molar-refractivity contribution in [3.05, 3.63) is 63.4 Å². The number of benzene rings is 2. The van der Waals surface area contributed by atoms with Gasteiger partial charge in [-0.05, 0) is 24.3 Å². The van der Waals surface area contributed by atoms with E-state index in [-0.39, 0.29) is 28.1 Å². The molecule has 1 aliphatic rings. The number of nitrogens with one attached hydrogen (secondary N) is 1. The standard InChI is InChI=1S/C18H18ClFN4O3/c19-14-11-13(5-6-15(14)20)21-18(25)12-22-7-9-23(10-8-22)16-3-1-2-4-17(16)24(26)27/h1-6,11H,7-10,12H2,(H,21,25). The molecular weight excluding hydrogens is 375 g/mol. The van der Waals surface area contributed by atoms with E-state index in [1.807, 2.05) is 9.80 Å². The van der Waals surface area contributed by atoms with E-state index in [0.29, 0.717) is 37.6 Å². The van der Waals surface area contributed by atoms with Gasteiger partial charge in [0.25, 0.3) is 5.69 Å². The van der Waals surface area contributed by atoms with Gasteiger partial charge in [0, 0.05) is 37.9 Å². The van der Waals surface area contributed by atoms with Crippen molar-refractivity contribution in [2.24, 2.45) is 0 Å². The van der Waals surface area contributed by atoms with Crippen LogP contribution < -0.4 is 10.2 Å². The van der Waals surface area contributed by atoms with E-state index in [1.54, 1.807) is 18.2 Å². The number of para-hydroxylation sites is 2. The summed E-state index contributed by atoms with van der Waals surface area (Å²) in [6.07, 6.45) is 0. The van der Waals surface area contributed by atoms with Crippen molar-refractivity contribution < 1.29 is 14.1 Å². The first kappa shape index (κ1) is 19.1. The van der Waals surface area contributed by atoms with Crippen molar-refractivity contribution in [3.8, 4) is 0 Å². The van der Waals surface area contributed by atoms with Gasteiger partial charge in [0.05, 0.1) is 16.5 Å². The molecule has 2 aromatic carbocycles. The smallest absolute Gasteiger partial charge is 0.292 e. The van der Waals surface area contributed by atoms with Crippen molar-refractivity contribution in [2.75, 3.05) is 42.9 Å². The van der Waals surface area contributed by atoms with Crippen LogP contribution in [0.3, 0.4) is 0 Å². The highest BCUT2D eigenvalue weighted by Crippen LogP contribution is 2.28. The fraction of sp³-hybridized carbons (Fsp3) is 0.278. The monoisotopic (exact) mass is 392 g/mol. The zero-order valence-corrected chi connectivity index (χ0v) is 15.2. The molecule has 0 spiro atoms. The Labute approximate surface area is 160 Å². The van der Waals surface area contributed by atoms with Gasteiger partial charge in [-0.3, -0.25) is 19.8 Å². The average Bonchev–Trinajstić information content (AvgIpc) is 2.65. The van der Waals surface area contributed by atoms with Crippen LogP contribution in [0.5, 0.6) is 0 Å². The summed E-state index contributed by atoms with van der Waals surface area (Å²) in [6, 6.07) is 10.7. The van der Waals surface area contributed by atoms with Crippen molar-refractivity contribution >= 4 is 34.6 Å². The number of hydrogen-bond acceptors (Lipinski definition) is 5. The van der Waals surface area contributed by atoms with Crippen LogP contribution in [-0.2, 0) is 4.79 Å². The predicted molar refractivity (Wildman–Crippen MR) is 102 cm³/mol. The lowest BCUT2D eigenvalue weighted by molar-refractivity contribution is -0.384. The van der Waals surface area contributed by atoms with Crippen LogP contribution in [0.2, 0.25) is 5.02 Å². The van der Waals surface area contributed by atoms with Gasteiger partial charge in [-0.25, -0.2) is 4.39 Å². The number of amides is 1. The molecule has 0 aromatic heterocycles. The van der Waals surface area contributed by atoms with E-state index in [4.69, 9.17) is 11.6 Å². The summed E-state index contributed by atoms with van der Waals surface area (Å²) in [5.41, 5.74) is 1.11. The molecule has 1 amide bonds. The maximum atomic E-state index is 13.2. The van der Waals surface area contributed by atoms with E-state index in [1.165, 1.54) is 24.3 Å². The molecule has 0 saturated carbocycles. The van der Waals surface area contributed by atoms with Crippen LogP contribution in [0.15, 0.2) is 42.5 Å². The summed E-state index contributed by atoms with van der Waals surface area (Å²) in [6.45, 7) is 2.55. The summed E-state index contributed by atoms with van der Waals surface area (Å²) in [5.74, 6) is -0.766. The van der Waals surface area contributed by atoms with E-state index >= 15 is 0 Å². The second-order valence-corrected chi connectivity index (χ2v) is 6.59. The Kier molecular flexibility index (Phi) is 5.88. The third kappa shape index (κ3) is 4.72. The van der Waals surface area contributed by atoms with Gasteiger partial charge in [-0.15, -0.1) is 0 Å². The number of piperazine rings is 1. The topological polar surface area (TPSA) is 78.7 Å². The zero-order valence-electron chi connectivity index (χ0n) is 14.4. The van der Waals surface area contributed by atoms with E-state index in [0.717, 1.165) is 0 Å². The molecule has 0 aliphatic carbocycles. The van der Waals surface area contributed by atoms with Gasteiger partial charge in [0.15, 0.2) is 0 Å². The number of nitro benzene ring substituents is 1. The highest BCUT2D eigenvalue weighted by molar-refractivity contribution is 6.31. The molecule has 27 heavy (non-hydrogen) atoms. The minimum absolute atomic E-state index is 0.0501. The largest absolute Gasteiger partial charge is 0.363 e. The molecule has 0 bridgehead atoms. The molecule has 142 valence electrons. The third-order valence-electron chi connectivity index (χ3n) is 4.36. The molecule has 0 radical (unpaired) electrons. The lowest BCUT2D eigenvalue weighted by Crippen LogP contribution is -2.48. The van der Waals surface area contributed by atoms with Gasteiger partial charge in [-0.2, -0.15) is 0 Å². The molecule has 3 rings (SSSR count). The van der Waals surface area contributed by atoms with Crippen LogP contribution in [0.4, 0.5) is 21.5 Å². The summed E-state index contributed by atoms with van der Waals surface area (Å²) in [7, 11) is 0. The SMILES string of the molecule is O=C(CN1CCN(c2ccccc2[N+](=O)[O-])CC1)Nc1ccc(F)c(Cl)c1. The molecule has 9 heteroatoms. The zero-order chi connectivity index (χ0) is 19.4. The molecule has 2 aromatic rings. The van der Waals surface area contributed by atoms with Crippen LogP contribution in [-0.4, -0.2) is 48.5 Å². The molecule has 1 fully saturated rings. The lowest BCUT2D eigenvalue weighted by Gasteiger charge is -2.35. The fourth-order valence-electron chi connectivity index (χ4n) is 3.01. The maximum absolute atomic E-state index is 13.2. The van der Waals surface area contributed by atoms with Gasteiger partial charge < -0.3 is 10.2 Å². The Morgan fingerprint density at radius 2 is 1.89 bits per heavy atom. The second kappa shape index (κ2) is 8.32. The van der Waals surface area contributed by atoms with Gasteiger partial charge in [-0.1, -0.05) is 23.7 Å². The van der Waals surface area contributed by atoms with E-state index in [2.05, 4.69) is 5.32 Å². The van der Waals surface area contributed by atoms with E-state index < -0.39 is 5.82 Å². The van der Waals surface area contributed by atoms with Gasteiger partial charge in [0.2, 0.25) is 5.91 Å². The Bertz CT molecular complexity index is 856. The minimum atomic E-state index is -0.541. The fourth-order valence-corrected chi connectivity index (χ4v) is 3.19. The quantitative estimate of drug-likeness (QED) is 0.624. The molecule has 0 unspecified atom stereocenters. The number of nitrogens with zero attached hydrogens (tertiary/aromatic N) is 3. The van der Waals surface area contributed by atoms with Crippen molar-refractivity contribution in [2.45, 2.75) is 0 Å². The second-order valence-electron chi connectivity index (χ2n) is 6.19. The highest BCUT2D eigenvalue weighted by atomic mass is 35.5. The first-order chi connectivity index (χ1) is 12.9.